The number of fused-ring (bicyclic) bond motifs is 2. The van der Waals surface area contributed by atoms with E-state index in [0.29, 0.717) is 5.56 Å². The molecular weight excluding hydrogens is 255 g/mol. The molecule has 5 atom stereocenters. The van der Waals surface area contributed by atoms with E-state index in [1.165, 1.54) is 0 Å². The molecule has 0 amide bonds. The molecule has 1 aromatic carbocycles. The van der Waals surface area contributed by atoms with Gasteiger partial charge in [0.15, 0.2) is 18.6 Å². The van der Waals surface area contributed by atoms with Crippen molar-refractivity contribution in [2.24, 2.45) is 0 Å². The van der Waals surface area contributed by atoms with Gasteiger partial charge in [-0.15, -0.1) is 0 Å². The minimum atomic E-state index is -1.71. The number of carbonyl (C=O) groups is 1. The Morgan fingerprint density at radius 2 is 2.11 bits per heavy atom. The predicted molar refractivity (Wildman–Crippen MR) is 61.2 cm³/mol. The molecule has 2 aliphatic heterocycles. The van der Waals surface area contributed by atoms with E-state index in [-0.39, 0.29) is 6.61 Å². The predicted octanol–water partition coefficient (Wildman–Crippen LogP) is 0.666. The summed E-state index contributed by atoms with van der Waals surface area (Å²) in [7, 11) is 0. The largest absolute Gasteiger partial charge is 0.450 e. The van der Waals surface area contributed by atoms with Crippen LogP contribution in [0, 0.1) is 0 Å². The Hall–Kier alpha value is -1.50. The van der Waals surface area contributed by atoms with Gasteiger partial charge in [0.2, 0.25) is 0 Å². The van der Waals surface area contributed by atoms with Crippen molar-refractivity contribution in [3.63, 3.8) is 0 Å². The average molecular weight is 268 g/mol. The number of aliphatic hydroxyl groups excluding tert-OH is 1. The third kappa shape index (κ3) is 2.22. The molecule has 0 spiro atoms. The first-order chi connectivity index (χ1) is 9.16. The minimum Gasteiger partial charge on any atom is -0.450 e. The highest BCUT2D eigenvalue weighted by molar-refractivity contribution is 5.89. The van der Waals surface area contributed by atoms with Gasteiger partial charge in [0.1, 0.15) is 12.2 Å². The van der Waals surface area contributed by atoms with Crippen LogP contribution in [-0.4, -0.2) is 48.5 Å². The minimum absolute atomic E-state index is 0.103. The second-order valence-corrected chi connectivity index (χ2v) is 4.55. The molecule has 102 valence electrons. The van der Waals surface area contributed by atoms with Gasteiger partial charge in [0.05, 0.1) is 12.2 Å². The Kier molecular flexibility index (Phi) is 3.22. The first-order valence-corrected chi connectivity index (χ1v) is 6.02. The lowest BCUT2D eigenvalue weighted by molar-refractivity contribution is -0.212. The van der Waals surface area contributed by atoms with Gasteiger partial charge in [0.25, 0.3) is 0 Å². The molecule has 1 N–H and O–H groups in total. The number of rotatable bonds is 2. The molecule has 19 heavy (non-hydrogen) atoms. The number of ether oxygens (including phenoxy) is 3. The fourth-order valence-electron chi connectivity index (χ4n) is 2.23. The highest BCUT2D eigenvalue weighted by atomic mass is 19.1. The third-order valence-corrected chi connectivity index (χ3v) is 3.28. The van der Waals surface area contributed by atoms with Crippen molar-refractivity contribution in [3.05, 3.63) is 35.9 Å². The van der Waals surface area contributed by atoms with Gasteiger partial charge in [-0.3, -0.25) is 0 Å². The van der Waals surface area contributed by atoms with Crippen molar-refractivity contribution in [3.8, 4) is 0 Å². The molecule has 0 aromatic heterocycles. The normalized spacial score (nSPS) is 37.1. The molecule has 0 unspecified atom stereocenters. The van der Waals surface area contributed by atoms with Crippen LogP contribution < -0.4 is 0 Å². The average Bonchev–Trinajstić information content (AvgIpc) is 2.89. The van der Waals surface area contributed by atoms with Crippen LogP contribution >= 0.6 is 0 Å². The molecule has 2 bridgehead atoms. The second-order valence-electron chi connectivity index (χ2n) is 4.55. The summed E-state index contributed by atoms with van der Waals surface area (Å²) in [5.41, 5.74) is 0.310. The summed E-state index contributed by atoms with van der Waals surface area (Å²) in [5.74, 6) is -0.669. The highest BCUT2D eigenvalue weighted by Crippen LogP contribution is 2.32. The summed E-state index contributed by atoms with van der Waals surface area (Å²) in [4.78, 5) is 11.9. The quantitative estimate of drug-likeness (QED) is 0.798. The molecule has 1 aromatic rings. The lowest BCUT2D eigenvalue weighted by atomic mass is 10.0. The van der Waals surface area contributed by atoms with Crippen molar-refractivity contribution < 1.29 is 28.5 Å². The van der Waals surface area contributed by atoms with Crippen LogP contribution in [0.4, 0.5) is 4.39 Å². The smallest absolute Gasteiger partial charge is 0.338 e. The Morgan fingerprint density at radius 3 is 2.84 bits per heavy atom. The molecule has 2 aliphatic rings. The monoisotopic (exact) mass is 268 g/mol. The molecule has 3 rings (SSSR count). The summed E-state index contributed by atoms with van der Waals surface area (Å²) >= 11 is 0. The fourth-order valence-corrected chi connectivity index (χ4v) is 2.23. The van der Waals surface area contributed by atoms with Crippen LogP contribution in [0.3, 0.4) is 0 Å². The van der Waals surface area contributed by atoms with Crippen molar-refractivity contribution in [1.29, 1.82) is 0 Å². The SMILES string of the molecule is O=C(O[C@@H]1[C@@H]2OC[C@@H](O2)[C@@H](O)[C@@H]1F)c1ccccc1. The molecule has 5 nitrogen and oxygen atoms in total. The van der Waals surface area contributed by atoms with E-state index in [1.807, 2.05) is 0 Å². The van der Waals surface area contributed by atoms with Gasteiger partial charge in [-0.1, -0.05) is 18.2 Å². The Bertz CT molecular complexity index is 465. The van der Waals surface area contributed by atoms with Crippen molar-refractivity contribution in [1.82, 2.24) is 0 Å². The summed E-state index contributed by atoms with van der Waals surface area (Å²) in [6.45, 7) is 0.103. The second kappa shape index (κ2) is 4.88. The van der Waals surface area contributed by atoms with Gasteiger partial charge in [-0.05, 0) is 12.1 Å². The van der Waals surface area contributed by atoms with Crippen LogP contribution in [0.15, 0.2) is 30.3 Å². The molecule has 0 saturated carbocycles. The van der Waals surface area contributed by atoms with Crippen LogP contribution in [0.5, 0.6) is 0 Å². The third-order valence-electron chi connectivity index (χ3n) is 3.28. The topological polar surface area (TPSA) is 65.0 Å². The molecule has 0 aliphatic carbocycles. The Morgan fingerprint density at radius 1 is 1.37 bits per heavy atom. The van der Waals surface area contributed by atoms with Gasteiger partial charge in [-0.2, -0.15) is 0 Å². The number of esters is 1. The van der Waals surface area contributed by atoms with Crippen molar-refractivity contribution in [2.75, 3.05) is 6.61 Å². The fraction of sp³-hybridized carbons (Fsp3) is 0.462. The van der Waals surface area contributed by atoms with Crippen LogP contribution in [0.25, 0.3) is 0 Å². The molecular formula is C13H13FO5. The van der Waals surface area contributed by atoms with E-state index >= 15 is 0 Å². The van der Waals surface area contributed by atoms with Crippen LogP contribution in [-0.2, 0) is 14.2 Å². The van der Waals surface area contributed by atoms with Gasteiger partial charge in [0, 0.05) is 0 Å². The van der Waals surface area contributed by atoms with E-state index in [1.54, 1.807) is 30.3 Å². The summed E-state index contributed by atoms with van der Waals surface area (Å²) in [6, 6.07) is 8.24. The standard InChI is InChI=1S/C13H13FO5/c14-9-10(15)8-6-17-13(18-8)11(9)19-12(16)7-4-2-1-3-5-7/h1-5,8-11,13,15H,6H2/t8-,9+,10-,11+,13-/m1/s1. The van der Waals surface area contributed by atoms with Gasteiger partial charge < -0.3 is 19.3 Å². The zero-order valence-electron chi connectivity index (χ0n) is 9.94. The molecule has 2 heterocycles. The Balaban J connectivity index is 1.74. The number of hydrogen-bond acceptors (Lipinski definition) is 5. The number of benzene rings is 1. The number of alkyl halides is 1. The van der Waals surface area contributed by atoms with Crippen LogP contribution in [0.1, 0.15) is 10.4 Å². The molecule has 0 radical (unpaired) electrons. The van der Waals surface area contributed by atoms with E-state index in [2.05, 4.69) is 0 Å². The van der Waals surface area contributed by atoms with Crippen molar-refractivity contribution >= 4 is 5.97 Å². The number of halogens is 1. The van der Waals surface area contributed by atoms with E-state index < -0.39 is 36.7 Å². The number of aliphatic hydroxyl groups is 1. The lowest BCUT2D eigenvalue weighted by Crippen LogP contribution is -2.53. The summed E-state index contributed by atoms with van der Waals surface area (Å²) in [6.07, 6.45) is -5.93. The van der Waals surface area contributed by atoms with Gasteiger partial charge >= 0.3 is 5.97 Å². The number of hydrogen-bond donors (Lipinski definition) is 1. The maximum absolute atomic E-state index is 14.0. The Labute approximate surface area is 108 Å². The number of carbonyl (C=O) groups excluding carboxylic acids is 1. The first kappa shape index (κ1) is 12.5. The molecule has 6 heteroatoms. The highest BCUT2D eigenvalue weighted by Gasteiger charge is 2.52. The zero-order chi connectivity index (χ0) is 13.4. The van der Waals surface area contributed by atoms with E-state index in [9.17, 15) is 14.3 Å². The van der Waals surface area contributed by atoms with Crippen LogP contribution in [0.2, 0.25) is 0 Å². The summed E-state index contributed by atoms with van der Waals surface area (Å²) < 4.78 is 29.4. The summed E-state index contributed by atoms with van der Waals surface area (Å²) in [5, 5.41) is 9.65. The molecule has 2 saturated heterocycles. The van der Waals surface area contributed by atoms with Crippen molar-refractivity contribution in [2.45, 2.75) is 30.8 Å². The zero-order valence-corrected chi connectivity index (χ0v) is 9.94. The maximum Gasteiger partial charge on any atom is 0.338 e. The lowest BCUT2D eigenvalue weighted by Gasteiger charge is -2.33. The maximum atomic E-state index is 14.0. The first-order valence-electron chi connectivity index (χ1n) is 6.02. The molecule has 2 fully saturated rings. The van der Waals surface area contributed by atoms with Gasteiger partial charge in [-0.25, -0.2) is 9.18 Å². The van der Waals surface area contributed by atoms with E-state index in [4.69, 9.17) is 14.2 Å². The van der Waals surface area contributed by atoms with E-state index in [0.717, 1.165) is 0 Å².